The molecule has 0 aromatic heterocycles. The molecule has 2 atom stereocenters. The number of carbonyl (C=O) groups is 2. The van der Waals surface area contributed by atoms with E-state index in [1.807, 2.05) is 6.92 Å². The first-order chi connectivity index (χ1) is 8.08. The number of aliphatic hydroxyl groups excluding tert-OH is 1. The SMILES string of the molecule is CC1CCN(C(=O)CN2CCCC2=O)CC1O. The van der Waals surface area contributed by atoms with Crippen molar-refractivity contribution in [2.24, 2.45) is 5.92 Å². The maximum absolute atomic E-state index is 12.0. The average molecular weight is 240 g/mol. The maximum Gasteiger partial charge on any atom is 0.242 e. The number of amides is 2. The molecule has 2 amide bonds. The van der Waals surface area contributed by atoms with Crippen molar-refractivity contribution in [3.05, 3.63) is 0 Å². The van der Waals surface area contributed by atoms with Gasteiger partial charge in [-0.2, -0.15) is 0 Å². The van der Waals surface area contributed by atoms with Crippen LogP contribution in [0.4, 0.5) is 0 Å². The van der Waals surface area contributed by atoms with Crippen LogP contribution in [-0.2, 0) is 9.59 Å². The summed E-state index contributed by atoms with van der Waals surface area (Å²) in [5.74, 6) is 0.294. The molecule has 0 aromatic carbocycles. The largest absolute Gasteiger partial charge is 0.391 e. The van der Waals surface area contributed by atoms with E-state index in [1.54, 1.807) is 9.80 Å². The van der Waals surface area contributed by atoms with Gasteiger partial charge in [0.05, 0.1) is 12.6 Å². The van der Waals surface area contributed by atoms with Gasteiger partial charge >= 0.3 is 0 Å². The summed E-state index contributed by atoms with van der Waals surface area (Å²) in [6.07, 6.45) is 1.82. The quantitative estimate of drug-likeness (QED) is 0.729. The van der Waals surface area contributed by atoms with Gasteiger partial charge in [-0.3, -0.25) is 9.59 Å². The van der Waals surface area contributed by atoms with Crippen LogP contribution in [-0.4, -0.2) is 59.0 Å². The Labute approximate surface area is 101 Å². The van der Waals surface area contributed by atoms with E-state index in [0.717, 1.165) is 12.8 Å². The molecule has 2 saturated heterocycles. The highest BCUT2D eigenvalue weighted by molar-refractivity contribution is 5.85. The van der Waals surface area contributed by atoms with Crippen LogP contribution in [0.25, 0.3) is 0 Å². The molecule has 96 valence electrons. The Morgan fingerprint density at radius 3 is 2.82 bits per heavy atom. The van der Waals surface area contributed by atoms with Crippen LogP contribution in [0.15, 0.2) is 0 Å². The summed E-state index contributed by atoms with van der Waals surface area (Å²) < 4.78 is 0. The van der Waals surface area contributed by atoms with Crippen LogP contribution in [0.2, 0.25) is 0 Å². The Morgan fingerprint density at radius 2 is 2.24 bits per heavy atom. The van der Waals surface area contributed by atoms with E-state index in [9.17, 15) is 14.7 Å². The molecular weight excluding hydrogens is 220 g/mol. The number of rotatable bonds is 2. The smallest absolute Gasteiger partial charge is 0.242 e. The zero-order valence-corrected chi connectivity index (χ0v) is 10.3. The monoisotopic (exact) mass is 240 g/mol. The van der Waals surface area contributed by atoms with E-state index >= 15 is 0 Å². The Hall–Kier alpha value is -1.10. The number of likely N-dealkylation sites (tertiary alicyclic amines) is 2. The van der Waals surface area contributed by atoms with E-state index in [2.05, 4.69) is 0 Å². The van der Waals surface area contributed by atoms with E-state index in [0.29, 0.717) is 26.1 Å². The molecule has 0 saturated carbocycles. The van der Waals surface area contributed by atoms with Gasteiger partial charge in [-0.1, -0.05) is 6.92 Å². The molecule has 2 aliphatic heterocycles. The van der Waals surface area contributed by atoms with Crippen LogP contribution in [0, 0.1) is 5.92 Å². The van der Waals surface area contributed by atoms with Gasteiger partial charge in [0, 0.05) is 26.1 Å². The molecule has 1 N–H and O–H groups in total. The topological polar surface area (TPSA) is 60.9 Å². The van der Waals surface area contributed by atoms with E-state index in [1.165, 1.54) is 0 Å². The summed E-state index contributed by atoms with van der Waals surface area (Å²) in [5, 5.41) is 9.74. The highest BCUT2D eigenvalue weighted by Gasteiger charge is 2.29. The fourth-order valence-electron chi connectivity index (χ4n) is 2.41. The predicted molar refractivity (Wildman–Crippen MR) is 62.2 cm³/mol. The molecule has 2 aliphatic rings. The normalized spacial score (nSPS) is 29.9. The van der Waals surface area contributed by atoms with Crippen molar-refractivity contribution in [2.75, 3.05) is 26.2 Å². The van der Waals surface area contributed by atoms with Crippen molar-refractivity contribution < 1.29 is 14.7 Å². The highest BCUT2D eigenvalue weighted by Crippen LogP contribution is 2.18. The Kier molecular flexibility index (Phi) is 3.66. The summed E-state index contributed by atoms with van der Waals surface area (Å²) in [6.45, 7) is 3.97. The van der Waals surface area contributed by atoms with Gasteiger partial charge in [0.2, 0.25) is 11.8 Å². The van der Waals surface area contributed by atoms with Gasteiger partial charge in [-0.15, -0.1) is 0 Å². The van der Waals surface area contributed by atoms with E-state index < -0.39 is 6.10 Å². The van der Waals surface area contributed by atoms with Crippen LogP contribution < -0.4 is 0 Å². The molecule has 2 unspecified atom stereocenters. The molecule has 0 aliphatic carbocycles. The van der Waals surface area contributed by atoms with Crippen LogP contribution >= 0.6 is 0 Å². The van der Waals surface area contributed by atoms with Gasteiger partial charge in [0.15, 0.2) is 0 Å². The average Bonchev–Trinajstić information content (AvgIpc) is 2.68. The second-order valence-corrected chi connectivity index (χ2v) is 5.09. The van der Waals surface area contributed by atoms with Crippen molar-refractivity contribution in [1.82, 2.24) is 9.80 Å². The second-order valence-electron chi connectivity index (χ2n) is 5.09. The summed E-state index contributed by atoms with van der Waals surface area (Å²) in [5.41, 5.74) is 0. The van der Waals surface area contributed by atoms with Gasteiger partial charge in [-0.05, 0) is 18.8 Å². The van der Waals surface area contributed by atoms with E-state index in [-0.39, 0.29) is 24.3 Å². The van der Waals surface area contributed by atoms with Crippen LogP contribution in [0.3, 0.4) is 0 Å². The minimum atomic E-state index is -0.429. The van der Waals surface area contributed by atoms with Gasteiger partial charge in [0.25, 0.3) is 0 Å². The lowest BCUT2D eigenvalue weighted by molar-refractivity contribution is -0.141. The van der Waals surface area contributed by atoms with Crippen LogP contribution in [0.1, 0.15) is 26.2 Å². The lowest BCUT2D eigenvalue weighted by atomic mass is 9.96. The lowest BCUT2D eigenvalue weighted by Gasteiger charge is -2.35. The Morgan fingerprint density at radius 1 is 1.47 bits per heavy atom. The van der Waals surface area contributed by atoms with Crippen molar-refractivity contribution in [2.45, 2.75) is 32.3 Å². The standard InChI is InChI=1S/C12H20N2O3/c1-9-4-6-14(7-10(9)15)12(17)8-13-5-2-3-11(13)16/h9-10,15H,2-8H2,1H3. The third-order valence-corrected chi connectivity index (χ3v) is 3.77. The van der Waals surface area contributed by atoms with Crippen molar-refractivity contribution >= 4 is 11.8 Å². The van der Waals surface area contributed by atoms with E-state index in [4.69, 9.17) is 0 Å². The molecule has 0 spiro atoms. The molecule has 2 fully saturated rings. The maximum atomic E-state index is 12.0. The number of hydrogen-bond donors (Lipinski definition) is 1. The molecule has 2 heterocycles. The number of nitrogens with zero attached hydrogens (tertiary/aromatic N) is 2. The third-order valence-electron chi connectivity index (χ3n) is 3.77. The number of β-amino-alcohol motifs (C(OH)–C–C–N with tert-alkyl or cyclic N) is 1. The third kappa shape index (κ3) is 2.77. The fraction of sp³-hybridized carbons (Fsp3) is 0.833. The summed E-state index contributed by atoms with van der Waals surface area (Å²) in [7, 11) is 0. The van der Waals surface area contributed by atoms with Gasteiger partial charge in [-0.25, -0.2) is 0 Å². The molecule has 0 bridgehead atoms. The highest BCUT2D eigenvalue weighted by atomic mass is 16.3. The van der Waals surface area contributed by atoms with Gasteiger partial charge < -0.3 is 14.9 Å². The molecule has 0 radical (unpaired) electrons. The first-order valence-corrected chi connectivity index (χ1v) is 6.31. The van der Waals surface area contributed by atoms with Crippen LogP contribution in [0.5, 0.6) is 0 Å². The summed E-state index contributed by atoms with van der Waals surface area (Å²) in [4.78, 5) is 26.7. The second kappa shape index (κ2) is 5.04. The molecule has 5 heteroatoms. The zero-order valence-electron chi connectivity index (χ0n) is 10.3. The minimum absolute atomic E-state index is 0.0359. The Balaban J connectivity index is 1.85. The predicted octanol–water partition coefficient (Wildman–Crippen LogP) is -0.162. The van der Waals surface area contributed by atoms with Crippen molar-refractivity contribution in [3.63, 3.8) is 0 Å². The number of hydrogen-bond acceptors (Lipinski definition) is 3. The molecule has 0 aromatic rings. The first kappa shape index (κ1) is 12.4. The summed E-state index contributed by atoms with van der Waals surface area (Å²) in [6, 6.07) is 0. The number of aliphatic hydroxyl groups is 1. The Bertz CT molecular complexity index is 319. The molecule has 17 heavy (non-hydrogen) atoms. The first-order valence-electron chi connectivity index (χ1n) is 6.31. The van der Waals surface area contributed by atoms with Crippen molar-refractivity contribution in [3.8, 4) is 0 Å². The van der Waals surface area contributed by atoms with Crippen molar-refractivity contribution in [1.29, 1.82) is 0 Å². The number of piperidine rings is 1. The molecular formula is C12H20N2O3. The molecule has 5 nitrogen and oxygen atoms in total. The number of carbonyl (C=O) groups excluding carboxylic acids is 2. The zero-order chi connectivity index (χ0) is 12.4. The molecule has 2 rings (SSSR count). The fourth-order valence-corrected chi connectivity index (χ4v) is 2.41. The van der Waals surface area contributed by atoms with Gasteiger partial charge in [0.1, 0.15) is 0 Å². The summed E-state index contributed by atoms with van der Waals surface area (Å²) >= 11 is 0. The lowest BCUT2D eigenvalue weighted by Crippen LogP contribution is -2.49. The minimum Gasteiger partial charge on any atom is -0.391 e.